The van der Waals surface area contributed by atoms with Crippen molar-refractivity contribution >= 4 is 22.8 Å². The van der Waals surface area contributed by atoms with Crippen LogP contribution in [0, 0.1) is 6.92 Å². The van der Waals surface area contributed by atoms with E-state index in [2.05, 4.69) is 15.3 Å². The molecule has 9 nitrogen and oxygen atoms in total. The predicted molar refractivity (Wildman–Crippen MR) is 102 cm³/mol. The molecule has 28 heavy (non-hydrogen) atoms. The molecular weight excluding hydrogens is 364 g/mol. The summed E-state index contributed by atoms with van der Waals surface area (Å²) in [6, 6.07) is -0.449. The summed E-state index contributed by atoms with van der Waals surface area (Å²) >= 11 is 0. The molecule has 0 amide bonds. The molecule has 1 saturated heterocycles. The van der Waals surface area contributed by atoms with Gasteiger partial charge in [-0.3, -0.25) is 14.2 Å². The molecule has 150 valence electrons. The highest BCUT2D eigenvalue weighted by Gasteiger charge is 2.33. The Hall–Kier alpha value is -2.36. The quantitative estimate of drug-likeness (QED) is 0.649. The van der Waals surface area contributed by atoms with Gasteiger partial charge >= 0.3 is 0 Å². The number of fused-ring (bicyclic) bond motifs is 1. The number of aliphatic hydroxyl groups excluding tert-OH is 2. The van der Waals surface area contributed by atoms with Crippen molar-refractivity contribution < 1.29 is 19.7 Å². The minimum atomic E-state index is -0.668. The fourth-order valence-electron chi connectivity index (χ4n) is 3.98. The number of rotatable bonds is 4. The van der Waals surface area contributed by atoms with Gasteiger partial charge in [0.05, 0.1) is 30.4 Å². The lowest BCUT2D eigenvalue weighted by Crippen LogP contribution is -2.42. The van der Waals surface area contributed by atoms with Crippen molar-refractivity contribution in [1.82, 2.24) is 14.5 Å². The van der Waals surface area contributed by atoms with Crippen molar-refractivity contribution in [3.63, 3.8) is 0 Å². The Labute approximate surface area is 161 Å². The van der Waals surface area contributed by atoms with E-state index >= 15 is 0 Å². The summed E-state index contributed by atoms with van der Waals surface area (Å²) in [5.41, 5.74) is 0.743. The zero-order chi connectivity index (χ0) is 20.0. The largest absolute Gasteiger partial charge is 0.393 e. The molecule has 0 radical (unpaired) electrons. The SMILES string of the molecule is CC(=O)c1c(C)c2cnc(N[C@@H]3CCOC[C@H]3O)nc2n([C@H]2C[C@H](O)C2)c1=O. The highest BCUT2D eigenvalue weighted by molar-refractivity contribution is 5.99. The third-order valence-corrected chi connectivity index (χ3v) is 5.65. The Morgan fingerprint density at radius 2 is 2.11 bits per heavy atom. The molecule has 0 unspecified atom stereocenters. The molecule has 0 bridgehead atoms. The maximum atomic E-state index is 13.1. The number of hydrogen-bond acceptors (Lipinski definition) is 8. The Balaban J connectivity index is 1.82. The Morgan fingerprint density at radius 3 is 2.75 bits per heavy atom. The van der Waals surface area contributed by atoms with Gasteiger partial charge < -0.3 is 20.3 Å². The maximum Gasteiger partial charge on any atom is 0.263 e. The van der Waals surface area contributed by atoms with Gasteiger partial charge in [0.2, 0.25) is 5.95 Å². The molecule has 1 aliphatic carbocycles. The van der Waals surface area contributed by atoms with Crippen molar-refractivity contribution in [3.05, 3.63) is 27.7 Å². The van der Waals surface area contributed by atoms with E-state index in [-0.39, 0.29) is 35.6 Å². The van der Waals surface area contributed by atoms with Crippen molar-refractivity contribution in [1.29, 1.82) is 0 Å². The number of nitrogens with zero attached hydrogens (tertiary/aromatic N) is 3. The van der Waals surface area contributed by atoms with E-state index in [1.807, 2.05) is 0 Å². The van der Waals surface area contributed by atoms with Crippen LogP contribution in [0.15, 0.2) is 11.0 Å². The van der Waals surface area contributed by atoms with Gasteiger partial charge in [0.1, 0.15) is 5.65 Å². The summed E-state index contributed by atoms with van der Waals surface area (Å²) in [6.45, 7) is 3.88. The number of pyridine rings is 1. The second-order valence-corrected chi connectivity index (χ2v) is 7.62. The summed E-state index contributed by atoms with van der Waals surface area (Å²) in [6.07, 6.45) is 1.99. The minimum absolute atomic E-state index is 0.137. The first-order valence-electron chi connectivity index (χ1n) is 9.50. The third-order valence-electron chi connectivity index (χ3n) is 5.65. The molecule has 9 heteroatoms. The lowest BCUT2D eigenvalue weighted by Gasteiger charge is -2.34. The summed E-state index contributed by atoms with van der Waals surface area (Å²) in [5.74, 6) is 0.00648. The molecule has 0 spiro atoms. The van der Waals surface area contributed by atoms with E-state index < -0.39 is 12.2 Å². The van der Waals surface area contributed by atoms with Crippen LogP contribution in [-0.4, -0.2) is 62.0 Å². The molecule has 1 saturated carbocycles. The summed E-state index contributed by atoms with van der Waals surface area (Å²) in [5, 5.41) is 23.5. The third kappa shape index (κ3) is 3.19. The average molecular weight is 388 g/mol. The average Bonchev–Trinajstić information content (AvgIpc) is 2.62. The number of aliphatic hydroxyl groups is 2. The first kappa shape index (κ1) is 19.0. The second kappa shape index (κ2) is 7.23. The van der Waals surface area contributed by atoms with Gasteiger partial charge in [-0.2, -0.15) is 4.98 Å². The minimum Gasteiger partial charge on any atom is -0.393 e. The highest BCUT2D eigenvalue weighted by atomic mass is 16.5. The van der Waals surface area contributed by atoms with E-state index in [1.165, 1.54) is 11.5 Å². The monoisotopic (exact) mass is 388 g/mol. The number of anilines is 1. The summed E-state index contributed by atoms with van der Waals surface area (Å²) in [4.78, 5) is 34.0. The van der Waals surface area contributed by atoms with Crippen LogP contribution in [0.5, 0.6) is 0 Å². The standard InChI is InChI=1S/C19H24N4O5/c1-9-13-7-20-19(21-14-3-4-28-8-15(14)26)22-17(13)23(11-5-12(25)6-11)18(27)16(9)10(2)24/h7,11-12,14-15,25-26H,3-6,8H2,1-2H3,(H,20,21,22)/t11-,12-,14-,15-/m1/s1. The van der Waals surface area contributed by atoms with Gasteiger partial charge in [0.15, 0.2) is 5.78 Å². The second-order valence-electron chi connectivity index (χ2n) is 7.62. The molecular formula is C19H24N4O5. The number of aryl methyl sites for hydroxylation is 1. The zero-order valence-electron chi connectivity index (χ0n) is 15.9. The summed E-state index contributed by atoms with van der Waals surface area (Å²) in [7, 11) is 0. The predicted octanol–water partition coefficient (Wildman–Crippen LogP) is 0.560. The normalized spacial score (nSPS) is 27.4. The molecule has 3 N–H and O–H groups in total. The van der Waals surface area contributed by atoms with Crippen LogP contribution in [0.1, 0.15) is 48.1 Å². The fraction of sp³-hybridized carbons (Fsp3) is 0.579. The number of nitrogens with one attached hydrogen (secondary N) is 1. The Kier molecular flexibility index (Phi) is 4.90. The molecule has 2 atom stereocenters. The highest BCUT2D eigenvalue weighted by Crippen LogP contribution is 2.34. The van der Waals surface area contributed by atoms with Gasteiger partial charge in [-0.15, -0.1) is 0 Å². The zero-order valence-corrected chi connectivity index (χ0v) is 15.9. The van der Waals surface area contributed by atoms with Crippen LogP contribution in [0.2, 0.25) is 0 Å². The number of carbonyl (C=O) groups is 1. The Bertz CT molecular complexity index is 982. The van der Waals surface area contributed by atoms with Gasteiger partial charge in [0.25, 0.3) is 5.56 Å². The fourth-order valence-corrected chi connectivity index (χ4v) is 3.98. The van der Waals surface area contributed by atoms with Crippen LogP contribution in [0.25, 0.3) is 11.0 Å². The number of hydrogen-bond donors (Lipinski definition) is 3. The maximum absolute atomic E-state index is 13.1. The first-order chi connectivity index (χ1) is 13.4. The molecule has 0 aromatic carbocycles. The lowest BCUT2D eigenvalue weighted by atomic mass is 9.88. The van der Waals surface area contributed by atoms with Crippen molar-refractivity contribution in [2.24, 2.45) is 0 Å². The molecule has 3 heterocycles. The van der Waals surface area contributed by atoms with Crippen molar-refractivity contribution in [2.45, 2.75) is 57.4 Å². The molecule has 4 rings (SSSR count). The molecule has 2 aromatic rings. The van der Waals surface area contributed by atoms with E-state index in [1.54, 1.807) is 13.1 Å². The van der Waals surface area contributed by atoms with Gasteiger partial charge in [-0.05, 0) is 38.7 Å². The summed E-state index contributed by atoms with van der Waals surface area (Å²) < 4.78 is 6.75. The molecule has 1 aliphatic heterocycles. The van der Waals surface area contributed by atoms with Crippen LogP contribution in [0.3, 0.4) is 0 Å². The molecule has 2 aliphatic rings. The van der Waals surface area contributed by atoms with Gasteiger partial charge in [-0.1, -0.05) is 0 Å². The number of ether oxygens (including phenoxy) is 1. The van der Waals surface area contributed by atoms with E-state index in [0.29, 0.717) is 48.4 Å². The lowest BCUT2D eigenvalue weighted by molar-refractivity contribution is -0.0136. The van der Waals surface area contributed by atoms with E-state index in [9.17, 15) is 19.8 Å². The van der Waals surface area contributed by atoms with Crippen LogP contribution < -0.4 is 10.9 Å². The number of carbonyl (C=O) groups excluding carboxylic acids is 1. The molecule has 2 aromatic heterocycles. The van der Waals surface area contributed by atoms with Gasteiger partial charge in [0, 0.05) is 24.2 Å². The van der Waals surface area contributed by atoms with Crippen molar-refractivity contribution in [2.75, 3.05) is 18.5 Å². The number of ketones is 1. The van der Waals surface area contributed by atoms with Gasteiger partial charge in [-0.25, -0.2) is 4.98 Å². The van der Waals surface area contributed by atoms with Crippen LogP contribution in [0.4, 0.5) is 5.95 Å². The number of Topliss-reactive ketones (excluding diaryl/α,β-unsaturated/α-hetero) is 1. The van der Waals surface area contributed by atoms with E-state index in [0.717, 1.165) is 0 Å². The number of aromatic nitrogens is 3. The smallest absolute Gasteiger partial charge is 0.263 e. The van der Waals surface area contributed by atoms with E-state index in [4.69, 9.17) is 4.74 Å². The van der Waals surface area contributed by atoms with Crippen molar-refractivity contribution in [3.8, 4) is 0 Å². The Morgan fingerprint density at radius 1 is 1.36 bits per heavy atom. The topological polar surface area (TPSA) is 127 Å². The first-order valence-corrected chi connectivity index (χ1v) is 9.50. The van der Waals surface area contributed by atoms with Crippen LogP contribution in [-0.2, 0) is 4.74 Å². The molecule has 2 fully saturated rings. The van der Waals surface area contributed by atoms with Crippen LogP contribution >= 0.6 is 0 Å².